The highest BCUT2D eigenvalue weighted by Gasteiger charge is 2.25. The summed E-state index contributed by atoms with van der Waals surface area (Å²) < 4.78 is 13.1. The standard InChI is InChI=1S/C16H15FN3O2S/c17-10-5-3-9(4-6-10)13-14(23-16(20-13)15(18)22)12(21)8-11-2-1-7-19-11/h3-6,8,11,19H,1-2,7H2,(H2,18,22). The van der Waals surface area contributed by atoms with Crippen LogP contribution in [0.1, 0.15) is 32.3 Å². The second-order valence-corrected chi connectivity index (χ2v) is 6.30. The zero-order valence-electron chi connectivity index (χ0n) is 12.2. The summed E-state index contributed by atoms with van der Waals surface area (Å²) in [7, 11) is 0. The van der Waals surface area contributed by atoms with E-state index in [2.05, 4.69) is 10.3 Å². The molecule has 1 saturated heterocycles. The number of ketones is 1. The first-order valence-electron chi connectivity index (χ1n) is 7.24. The normalized spacial score (nSPS) is 17.3. The van der Waals surface area contributed by atoms with Crippen LogP contribution in [0.25, 0.3) is 11.3 Å². The Morgan fingerprint density at radius 2 is 2.09 bits per heavy atom. The Balaban J connectivity index is 1.95. The van der Waals surface area contributed by atoms with Gasteiger partial charge in [0, 0.05) is 11.6 Å². The second-order valence-electron chi connectivity index (χ2n) is 5.30. The lowest BCUT2D eigenvalue weighted by Gasteiger charge is -2.08. The maximum absolute atomic E-state index is 13.1. The number of primary amides is 1. The quantitative estimate of drug-likeness (QED) is 0.822. The van der Waals surface area contributed by atoms with Gasteiger partial charge < -0.3 is 11.1 Å². The number of benzene rings is 1. The van der Waals surface area contributed by atoms with E-state index in [1.165, 1.54) is 24.3 Å². The van der Waals surface area contributed by atoms with Crippen molar-refractivity contribution in [2.24, 2.45) is 5.73 Å². The summed E-state index contributed by atoms with van der Waals surface area (Å²) >= 11 is 0.970. The highest BCUT2D eigenvalue weighted by Crippen LogP contribution is 2.30. The van der Waals surface area contributed by atoms with Crippen molar-refractivity contribution in [2.45, 2.75) is 18.9 Å². The van der Waals surface area contributed by atoms with Crippen LogP contribution in [0.5, 0.6) is 0 Å². The molecule has 1 radical (unpaired) electrons. The highest BCUT2D eigenvalue weighted by atomic mass is 32.1. The van der Waals surface area contributed by atoms with Crippen molar-refractivity contribution >= 4 is 23.0 Å². The molecule has 23 heavy (non-hydrogen) atoms. The number of nitrogens with zero attached hydrogens (tertiary/aromatic N) is 1. The lowest BCUT2D eigenvalue weighted by Crippen LogP contribution is -2.25. The summed E-state index contributed by atoms with van der Waals surface area (Å²) in [4.78, 5) is 28.5. The average Bonchev–Trinajstić information content (AvgIpc) is 3.17. The molecule has 3 N–H and O–H groups in total. The van der Waals surface area contributed by atoms with Gasteiger partial charge in [0.25, 0.3) is 5.91 Å². The first-order valence-corrected chi connectivity index (χ1v) is 8.05. The Morgan fingerprint density at radius 1 is 1.35 bits per heavy atom. The molecule has 1 aromatic carbocycles. The van der Waals surface area contributed by atoms with E-state index < -0.39 is 5.91 Å². The van der Waals surface area contributed by atoms with Crippen LogP contribution in [-0.4, -0.2) is 29.3 Å². The molecule has 1 unspecified atom stereocenters. The molecular weight excluding hydrogens is 317 g/mol. The molecule has 0 bridgehead atoms. The van der Waals surface area contributed by atoms with Crippen molar-refractivity contribution in [3.8, 4) is 11.3 Å². The summed E-state index contributed by atoms with van der Waals surface area (Å²) in [6, 6.07) is 5.66. The van der Waals surface area contributed by atoms with E-state index in [1.54, 1.807) is 6.42 Å². The minimum Gasteiger partial charge on any atom is -0.364 e. The number of nitrogens with two attached hydrogens (primary N) is 1. The first kappa shape index (κ1) is 15.8. The monoisotopic (exact) mass is 332 g/mol. The fraction of sp³-hybridized carbons (Fsp3) is 0.250. The topological polar surface area (TPSA) is 85.1 Å². The van der Waals surface area contributed by atoms with Gasteiger partial charge in [-0.3, -0.25) is 9.59 Å². The number of carbonyl (C=O) groups excluding carboxylic acids is 2. The number of hydrogen-bond donors (Lipinski definition) is 2. The van der Waals surface area contributed by atoms with E-state index in [9.17, 15) is 14.0 Å². The zero-order valence-corrected chi connectivity index (χ0v) is 13.0. The number of carbonyl (C=O) groups is 2. The number of halogens is 1. The fourth-order valence-electron chi connectivity index (χ4n) is 2.51. The number of aromatic nitrogens is 1. The number of hydrogen-bond acceptors (Lipinski definition) is 5. The van der Waals surface area contributed by atoms with E-state index in [-0.39, 0.29) is 22.6 Å². The van der Waals surface area contributed by atoms with Gasteiger partial charge in [0.1, 0.15) is 5.82 Å². The Bertz CT molecular complexity index is 736. The molecule has 0 spiro atoms. The number of Topliss-reactive ketones (excluding diaryl/α,β-unsaturated/α-hetero) is 1. The van der Waals surface area contributed by atoms with Crippen molar-refractivity contribution in [3.63, 3.8) is 0 Å². The van der Waals surface area contributed by atoms with Gasteiger partial charge in [-0.15, -0.1) is 11.3 Å². The van der Waals surface area contributed by atoms with Crippen molar-refractivity contribution in [2.75, 3.05) is 6.54 Å². The van der Waals surface area contributed by atoms with E-state index in [0.29, 0.717) is 16.1 Å². The molecule has 1 fully saturated rings. The Morgan fingerprint density at radius 3 is 2.70 bits per heavy atom. The van der Waals surface area contributed by atoms with Gasteiger partial charge in [-0.2, -0.15) is 0 Å². The largest absolute Gasteiger partial charge is 0.364 e. The fourth-order valence-corrected chi connectivity index (χ4v) is 3.37. The lowest BCUT2D eigenvalue weighted by molar-refractivity contribution is 0.0997. The molecule has 119 valence electrons. The summed E-state index contributed by atoms with van der Waals surface area (Å²) in [6.07, 6.45) is 3.53. The maximum atomic E-state index is 13.1. The van der Waals surface area contributed by atoms with Crippen LogP contribution >= 0.6 is 11.3 Å². The van der Waals surface area contributed by atoms with Crippen LogP contribution < -0.4 is 11.1 Å². The Labute approximate surface area is 136 Å². The van der Waals surface area contributed by atoms with Crippen LogP contribution in [0.15, 0.2) is 24.3 Å². The molecular formula is C16H15FN3O2S. The van der Waals surface area contributed by atoms with Crippen LogP contribution in [0, 0.1) is 12.2 Å². The van der Waals surface area contributed by atoms with Crippen molar-refractivity contribution in [1.29, 1.82) is 0 Å². The Hall–Kier alpha value is -2.12. The van der Waals surface area contributed by atoms with Gasteiger partial charge in [0.15, 0.2) is 10.8 Å². The molecule has 1 atom stereocenters. The van der Waals surface area contributed by atoms with Crippen LogP contribution in [0.3, 0.4) is 0 Å². The van der Waals surface area contributed by atoms with E-state index in [4.69, 9.17) is 5.73 Å². The molecule has 1 amide bonds. The van der Waals surface area contributed by atoms with Gasteiger partial charge in [-0.05, 0) is 43.7 Å². The Kier molecular flexibility index (Phi) is 4.49. The van der Waals surface area contributed by atoms with Gasteiger partial charge in [0.05, 0.1) is 17.0 Å². The molecule has 2 aromatic rings. The third-order valence-corrected chi connectivity index (χ3v) is 4.71. The third kappa shape index (κ3) is 3.46. The summed E-state index contributed by atoms with van der Waals surface area (Å²) in [5.41, 5.74) is 6.22. The number of rotatable bonds is 5. The lowest BCUT2D eigenvalue weighted by atomic mass is 10.0. The van der Waals surface area contributed by atoms with E-state index in [0.717, 1.165) is 30.7 Å². The summed E-state index contributed by atoms with van der Waals surface area (Å²) in [5.74, 6) is -1.26. The average molecular weight is 332 g/mol. The molecule has 7 heteroatoms. The predicted octanol–water partition coefficient (Wildman–Crippen LogP) is 2.19. The molecule has 3 rings (SSSR count). The van der Waals surface area contributed by atoms with Gasteiger partial charge >= 0.3 is 0 Å². The predicted molar refractivity (Wildman–Crippen MR) is 85.7 cm³/mol. The molecule has 1 aromatic heterocycles. The second kappa shape index (κ2) is 6.55. The number of amides is 1. The third-order valence-electron chi connectivity index (χ3n) is 3.63. The minimum absolute atomic E-state index is 0.0303. The van der Waals surface area contributed by atoms with Crippen molar-refractivity contribution in [1.82, 2.24) is 10.3 Å². The zero-order chi connectivity index (χ0) is 16.4. The van der Waals surface area contributed by atoms with E-state index in [1.807, 2.05) is 0 Å². The van der Waals surface area contributed by atoms with Gasteiger partial charge in [0.2, 0.25) is 0 Å². The van der Waals surface area contributed by atoms with Gasteiger partial charge in [-0.1, -0.05) is 0 Å². The minimum atomic E-state index is -0.684. The molecule has 1 aliphatic heterocycles. The number of nitrogens with one attached hydrogen (secondary N) is 1. The van der Waals surface area contributed by atoms with Crippen molar-refractivity contribution < 1.29 is 14.0 Å². The molecule has 1 aliphatic rings. The number of thiazole rings is 1. The molecule has 0 aliphatic carbocycles. The molecule has 0 saturated carbocycles. The molecule has 2 heterocycles. The van der Waals surface area contributed by atoms with Gasteiger partial charge in [-0.25, -0.2) is 9.37 Å². The van der Waals surface area contributed by atoms with E-state index >= 15 is 0 Å². The molecule has 5 nitrogen and oxygen atoms in total. The summed E-state index contributed by atoms with van der Waals surface area (Å²) in [6.45, 7) is 0.883. The van der Waals surface area contributed by atoms with Crippen LogP contribution in [0.4, 0.5) is 4.39 Å². The van der Waals surface area contributed by atoms with Crippen LogP contribution in [0.2, 0.25) is 0 Å². The smallest absolute Gasteiger partial charge is 0.277 e. The SMILES string of the molecule is NC(=O)c1nc(-c2ccc(F)cc2)c(C(=O)[CH]C2CCCN2)s1. The maximum Gasteiger partial charge on any atom is 0.277 e. The first-order chi connectivity index (χ1) is 11.0. The highest BCUT2D eigenvalue weighted by molar-refractivity contribution is 7.16. The van der Waals surface area contributed by atoms with Crippen LogP contribution in [-0.2, 0) is 0 Å². The van der Waals surface area contributed by atoms with Crippen molar-refractivity contribution in [3.05, 3.63) is 46.4 Å². The summed E-state index contributed by atoms with van der Waals surface area (Å²) in [5, 5.41) is 3.29.